The standard InChI is InChI=1S/C95H160N28O23/c1-11-52(7)75(123-84(136)64(29-17-21-39-98)112-86(138)69(45-57-47-107-61-26-14-13-25-59(57)61)118-90(142)74(51(5)6)121-92(144)76(53(8)12-2)122-79(131)60(100)44-56-33-35-58(126)36-34-56)91(143)114-66(32-24-42-106-95(103)104)83(135)119-71(48-124)88(140)109-55(10)78(130)117-70(46-73(127)128)87(139)111-63(28-16-20-38-97)81(133)110-65(31-23-41-105-94(101)102)82(134)120-72(49-125)89(141)113-62(27-15-19-37-96)80(132)108-54(9)77(129)116-68(43-50(3)4)85(137)115-67(93(145)146)30-18-22-40-99/h13-14,25-26,33-36,47,50-55,60,62-72,74-76,107,124-126H,11-12,15-24,27-32,37-46,48-49,96-100H2,1-10H3,(H,108,132)(H,109,140)(H,110,133)(H,111,139)(H,112,138)(H,113,141)(H,114,143)(H,115,137)(H,116,129)(H,117,130)(H,118,142)(H,119,135)(H,120,134)(H,121,144)(H,122,131)(H,123,136)(H,127,128)(H,145,146)(H4,101,102,105)(H4,103,104,106)/t52-,53-,54-,55-,60-,62-,63-,64-,65-,66-,67-,68-,69-,70-,71-,72-,74-,75-,76-/m0/s1. The summed E-state index contributed by atoms with van der Waals surface area (Å²) in [6, 6.07) is -12.8. The lowest BCUT2D eigenvalue weighted by Crippen LogP contribution is -2.62. The first-order valence-electron chi connectivity index (χ1n) is 49.7. The van der Waals surface area contributed by atoms with E-state index in [1.54, 1.807) is 98.0 Å². The van der Waals surface area contributed by atoms with E-state index in [-0.39, 0.29) is 147 Å². The van der Waals surface area contributed by atoms with Crippen molar-refractivity contribution in [3.8, 4) is 5.75 Å². The fourth-order valence-corrected chi connectivity index (χ4v) is 15.3. The van der Waals surface area contributed by atoms with Crippen molar-refractivity contribution in [3.63, 3.8) is 0 Å². The Balaban J connectivity index is 1.94. The van der Waals surface area contributed by atoms with Gasteiger partial charge in [0.25, 0.3) is 0 Å². The smallest absolute Gasteiger partial charge is 0.326 e. The zero-order valence-electron chi connectivity index (χ0n) is 85.2. The van der Waals surface area contributed by atoms with Crippen molar-refractivity contribution in [2.24, 2.45) is 63.8 Å². The Hall–Kier alpha value is -13.5. The molecule has 19 atom stereocenters. The lowest BCUT2D eigenvalue weighted by atomic mass is 9.95. The second-order valence-electron chi connectivity index (χ2n) is 37.2. The number of aromatic amines is 1. The van der Waals surface area contributed by atoms with Crippen LogP contribution >= 0.6 is 0 Å². The molecule has 0 saturated carbocycles. The van der Waals surface area contributed by atoms with Crippen molar-refractivity contribution in [1.82, 2.24) is 101 Å². The van der Waals surface area contributed by atoms with Crippen LogP contribution in [0.25, 0.3) is 10.9 Å². The SMILES string of the molecule is CC[C@H](C)[C@H](NC(=O)[C@H](CCCCN)NC(=O)[C@H](Cc1c[nH]c2ccccc12)NC(=O)[C@@H](NC(=O)[C@@H](NC(=O)[C@@H](N)Cc1ccc(O)cc1)[C@@H](C)CC)C(C)C)C(=O)N[C@@H](CCCNC(=N)N)C(=O)N[C@@H](CO)C(=O)N[C@@H](C)C(=O)N[C@@H](CC(=O)O)C(=O)N[C@@H](CCCCN)C(=O)N[C@@H](CCCNC(=N)N)C(=O)N[C@@H](CO)C(=O)N[C@@H](CCCCN)C(=O)N[C@@H](C)C(=O)N[C@@H](CC(C)C)C(=O)N[C@@H](CCCCN)C(=O)O. The second-order valence-corrected chi connectivity index (χ2v) is 37.2. The number of amides is 16. The molecule has 0 bridgehead atoms. The molecule has 0 aliphatic heterocycles. The maximum Gasteiger partial charge on any atom is 0.326 e. The topological polar surface area (TPSA) is 871 Å². The highest BCUT2D eigenvalue weighted by Crippen LogP contribution is 2.23. The molecule has 0 spiro atoms. The number of phenolic OH excluding ortho intramolecular Hbond substituents is 1. The van der Waals surface area contributed by atoms with Gasteiger partial charge < -0.3 is 166 Å². The van der Waals surface area contributed by atoms with E-state index < -0.39 is 258 Å². The van der Waals surface area contributed by atoms with Crippen LogP contribution in [0, 0.1) is 34.5 Å². The number of hydrogen-bond donors (Lipinski definition) is 33. The van der Waals surface area contributed by atoms with Gasteiger partial charge in [0.05, 0.1) is 25.7 Å². The molecule has 0 saturated heterocycles. The molecule has 51 heteroatoms. The van der Waals surface area contributed by atoms with Crippen LogP contribution < -0.4 is 136 Å². The Morgan fingerprint density at radius 1 is 0.363 bits per heavy atom. The summed E-state index contributed by atoms with van der Waals surface area (Å²) < 4.78 is 0. The van der Waals surface area contributed by atoms with E-state index in [0.29, 0.717) is 60.7 Å². The van der Waals surface area contributed by atoms with Crippen molar-refractivity contribution >= 4 is 129 Å². The van der Waals surface area contributed by atoms with Crippen LogP contribution in [0.4, 0.5) is 0 Å². The molecular weight excluding hydrogens is 1900 g/mol. The van der Waals surface area contributed by atoms with Gasteiger partial charge in [-0.15, -0.1) is 0 Å². The monoisotopic (exact) mass is 2060 g/mol. The first-order chi connectivity index (χ1) is 69.1. The number of hydrogen-bond acceptors (Lipinski definition) is 28. The van der Waals surface area contributed by atoms with Crippen LogP contribution in [0.15, 0.2) is 54.7 Å². The number of H-pyrrole nitrogens is 1. The third-order valence-electron chi connectivity index (χ3n) is 24.3. The Bertz CT molecular complexity index is 4760. The lowest BCUT2D eigenvalue weighted by Gasteiger charge is -2.30. The lowest BCUT2D eigenvalue weighted by molar-refractivity contribution is -0.142. The number of phenols is 1. The fraction of sp³-hybridized carbons (Fsp3) is 0.642. The van der Waals surface area contributed by atoms with Gasteiger partial charge >= 0.3 is 11.9 Å². The van der Waals surface area contributed by atoms with Crippen molar-refractivity contribution in [2.45, 2.75) is 313 Å². The number of aromatic hydroxyl groups is 1. The number of aliphatic hydroxyl groups is 2. The fourth-order valence-electron chi connectivity index (χ4n) is 15.3. The van der Waals surface area contributed by atoms with Crippen molar-refractivity contribution in [3.05, 3.63) is 65.9 Å². The molecule has 0 unspecified atom stereocenters. The van der Waals surface area contributed by atoms with Crippen LogP contribution in [0.5, 0.6) is 5.75 Å². The zero-order chi connectivity index (χ0) is 110. The van der Waals surface area contributed by atoms with Crippen LogP contribution in [-0.4, -0.2) is 304 Å². The van der Waals surface area contributed by atoms with Crippen LogP contribution in [0.3, 0.4) is 0 Å². The van der Waals surface area contributed by atoms with Gasteiger partial charge in [0, 0.05) is 36.6 Å². The third-order valence-corrected chi connectivity index (χ3v) is 24.3. The molecule has 16 amide bonds. The molecule has 0 aliphatic carbocycles. The van der Waals surface area contributed by atoms with E-state index in [4.69, 9.17) is 51.0 Å². The average Bonchev–Trinajstić information content (AvgIpc) is 1.69. The van der Waals surface area contributed by atoms with Gasteiger partial charge in [0.2, 0.25) is 94.5 Å². The van der Waals surface area contributed by atoms with Gasteiger partial charge in [0.15, 0.2) is 11.9 Å². The predicted octanol–water partition coefficient (Wildman–Crippen LogP) is -5.84. The molecular formula is C95H160N28O23. The normalized spacial score (nSPS) is 15.2. The Labute approximate surface area is 849 Å². The van der Waals surface area contributed by atoms with E-state index in [0.717, 1.165) is 6.92 Å². The molecule has 1 heterocycles. The van der Waals surface area contributed by atoms with Crippen LogP contribution in [0.1, 0.15) is 209 Å². The summed E-state index contributed by atoms with van der Waals surface area (Å²) >= 11 is 0. The number of para-hydroxylation sites is 1. The molecule has 146 heavy (non-hydrogen) atoms. The van der Waals surface area contributed by atoms with Gasteiger partial charge in [-0.25, -0.2) is 4.79 Å². The minimum Gasteiger partial charge on any atom is -0.508 e. The molecule has 0 fully saturated rings. The minimum absolute atomic E-state index is 0.00978. The zero-order valence-corrected chi connectivity index (χ0v) is 85.2. The summed E-state index contributed by atoms with van der Waals surface area (Å²) in [4.78, 5) is 257. The van der Waals surface area contributed by atoms with Crippen LogP contribution in [0.2, 0.25) is 0 Å². The average molecular weight is 2060 g/mol. The number of rotatable bonds is 72. The predicted molar refractivity (Wildman–Crippen MR) is 541 cm³/mol. The van der Waals surface area contributed by atoms with Gasteiger partial charge in [-0.2, -0.15) is 0 Å². The molecule has 0 aliphatic rings. The molecule has 0 radical (unpaired) electrons. The Morgan fingerprint density at radius 2 is 0.692 bits per heavy atom. The summed E-state index contributed by atoms with van der Waals surface area (Å²) in [7, 11) is 0. The number of benzene rings is 2. The molecule has 818 valence electrons. The number of aromatic nitrogens is 1. The van der Waals surface area contributed by atoms with E-state index in [1.165, 1.54) is 19.1 Å². The largest absolute Gasteiger partial charge is 0.508 e. The van der Waals surface area contributed by atoms with Gasteiger partial charge in [-0.05, 0) is 209 Å². The molecule has 3 rings (SSSR count). The number of carboxylic acids is 2. The van der Waals surface area contributed by atoms with Crippen molar-refractivity contribution in [1.29, 1.82) is 10.8 Å². The maximum atomic E-state index is 15.1. The van der Waals surface area contributed by atoms with E-state index in [1.807, 2.05) is 0 Å². The number of aliphatic hydroxyl groups excluding tert-OH is 2. The number of nitrogens with one attached hydrogen (secondary N) is 21. The maximum absolute atomic E-state index is 15.1. The summed E-state index contributed by atoms with van der Waals surface area (Å²) in [6.45, 7) is 14.3. The van der Waals surface area contributed by atoms with E-state index in [9.17, 15) is 107 Å². The van der Waals surface area contributed by atoms with Crippen molar-refractivity contribution in [2.75, 3.05) is 52.5 Å². The minimum atomic E-state index is -2.06. The number of carbonyl (C=O) groups is 18. The Morgan fingerprint density at radius 3 is 1.10 bits per heavy atom. The second kappa shape index (κ2) is 67.2. The first kappa shape index (κ1) is 127. The van der Waals surface area contributed by atoms with Gasteiger partial charge in [0.1, 0.15) is 102 Å². The molecule has 40 N–H and O–H groups in total. The highest BCUT2D eigenvalue weighted by molar-refractivity contribution is 6.02. The highest BCUT2D eigenvalue weighted by atomic mass is 16.4. The molecule has 2 aromatic carbocycles. The van der Waals surface area contributed by atoms with Crippen molar-refractivity contribution < 1.29 is 112 Å². The summed E-state index contributed by atoms with van der Waals surface area (Å²) in [5.41, 5.74) is 42.3. The Kier molecular flexibility index (Phi) is 58.3. The quantitative estimate of drug-likeness (QED) is 0.0142. The number of guanidine groups is 2. The summed E-state index contributed by atoms with van der Waals surface area (Å²) in [5, 5.41) is 113. The van der Waals surface area contributed by atoms with E-state index >= 15 is 4.79 Å². The molecule has 1 aromatic heterocycles. The number of unbranched alkanes of at least 4 members (excludes halogenated alkanes) is 4. The summed E-state index contributed by atoms with van der Waals surface area (Å²) in [6.07, 6.45) is 2.36. The van der Waals surface area contributed by atoms with E-state index in [2.05, 4.69) is 101 Å². The van der Waals surface area contributed by atoms with Gasteiger partial charge in [-0.3, -0.25) is 92.3 Å². The first-order valence-corrected chi connectivity index (χ1v) is 49.7. The number of aliphatic carboxylic acids is 2. The number of carbonyl (C=O) groups excluding carboxylic acids is 16. The number of nitrogens with two attached hydrogens (primary N) is 7. The molecule has 3 aromatic rings. The highest BCUT2D eigenvalue weighted by Gasteiger charge is 2.41. The summed E-state index contributed by atoms with van der Waals surface area (Å²) in [5.74, 6) is -21.8. The van der Waals surface area contributed by atoms with Crippen LogP contribution in [-0.2, 0) is 99.1 Å². The third kappa shape index (κ3) is 45.8. The number of carboxylic acid groups (broad SMARTS) is 2. The van der Waals surface area contributed by atoms with Gasteiger partial charge in [-0.1, -0.05) is 98.6 Å². The number of fused-ring (bicyclic) bond motifs is 1. The molecule has 51 nitrogen and oxygen atoms in total.